The number of hydrogen-bond acceptors (Lipinski definition) is 4. The third kappa shape index (κ3) is 2.08. The number of rotatable bonds is 2. The first kappa shape index (κ1) is 12.1. The van der Waals surface area contributed by atoms with Crippen molar-refractivity contribution in [2.75, 3.05) is 5.73 Å². The van der Waals surface area contributed by atoms with Gasteiger partial charge in [-0.3, -0.25) is 0 Å². The molecule has 0 radical (unpaired) electrons. The Hall–Kier alpha value is -1.95. The molecule has 0 spiro atoms. The van der Waals surface area contributed by atoms with Gasteiger partial charge < -0.3 is 10.7 Å². The molecule has 0 saturated carbocycles. The molecule has 96 valence electrons. The van der Waals surface area contributed by atoms with Crippen molar-refractivity contribution in [3.05, 3.63) is 34.6 Å². The average Bonchev–Trinajstić information content (AvgIpc) is 2.85. The zero-order valence-electron chi connectivity index (χ0n) is 10.3. The molecule has 19 heavy (non-hydrogen) atoms. The Morgan fingerprint density at radius 2 is 2.16 bits per heavy atom. The van der Waals surface area contributed by atoms with E-state index in [4.69, 9.17) is 5.73 Å². The van der Waals surface area contributed by atoms with E-state index in [0.717, 1.165) is 17.5 Å². The first-order valence-corrected chi connectivity index (χ1v) is 6.74. The maximum atomic E-state index is 5.86. The Morgan fingerprint density at radius 1 is 1.32 bits per heavy atom. The van der Waals surface area contributed by atoms with E-state index in [2.05, 4.69) is 48.9 Å². The highest BCUT2D eigenvalue weighted by Gasteiger charge is 2.13. The Labute approximate surface area is 118 Å². The van der Waals surface area contributed by atoms with E-state index in [9.17, 15) is 0 Å². The van der Waals surface area contributed by atoms with E-state index in [1.54, 1.807) is 6.20 Å². The van der Waals surface area contributed by atoms with Gasteiger partial charge in [0.2, 0.25) is 0 Å². The zero-order valence-corrected chi connectivity index (χ0v) is 11.9. The molecular formula is C13H12BrN5. The number of nitrogens with one attached hydrogen (secondary N) is 1. The second-order valence-corrected chi connectivity index (χ2v) is 4.99. The van der Waals surface area contributed by atoms with Crippen LogP contribution in [0.4, 0.5) is 5.82 Å². The standard InChI is InChI=1S/C13H12BrN5/c1-2-7-4-3-5-8-10(7)19-13(17-8)11-12(15)16-6-9(14)18-11/h3-6H,2H2,1H3,(H2,15,16)(H,17,19). The van der Waals surface area contributed by atoms with Gasteiger partial charge in [0, 0.05) is 0 Å². The lowest BCUT2D eigenvalue weighted by molar-refractivity contribution is 1.14. The van der Waals surface area contributed by atoms with Gasteiger partial charge in [-0.1, -0.05) is 19.1 Å². The molecule has 0 fully saturated rings. The van der Waals surface area contributed by atoms with Crippen LogP contribution in [-0.4, -0.2) is 19.9 Å². The Bertz CT molecular complexity index is 750. The smallest absolute Gasteiger partial charge is 0.161 e. The van der Waals surface area contributed by atoms with Crippen LogP contribution in [0, 0.1) is 0 Å². The van der Waals surface area contributed by atoms with Gasteiger partial charge in [0.05, 0.1) is 17.2 Å². The van der Waals surface area contributed by atoms with Crippen LogP contribution in [-0.2, 0) is 6.42 Å². The molecule has 5 nitrogen and oxygen atoms in total. The molecular weight excluding hydrogens is 306 g/mol. The Balaban J connectivity index is 2.23. The topological polar surface area (TPSA) is 80.5 Å². The molecule has 3 rings (SSSR count). The van der Waals surface area contributed by atoms with Gasteiger partial charge >= 0.3 is 0 Å². The molecule has 0 aliphatic carbocycles. The highest BCUT2D eigenvalue weighted by Crippen LogP contribution is 2.25. The summed E-state index contributed by atoms with van der Waals surface area (Å²) in [6, 6.07) is 6.08. The molecule has 0 unspecified atom stereocenters. The van der Waals surface area contributed by atoms with E-state index >= 15 is 0 Å². The fourth-order valence-electron chi connectivity index (χ4n) is 2.04. The molecule has 3 aromatic rings. The van der Waals surface area contributed by atoms with Crippen molar-refractivity contribution in [1.82, 2.24) is 19.9 Å². The lowest BCUT2D eigenvalue weighted by atomic mass is 10.1. The Morgan fingerprint density at radius 3 is 2.95 bits per heavy atom. The number of nitrogens with two attached hydrogens (primary N) is 1. The second-order valence-electron chi connectivity index (χ2n) is 4.18. The number of aromatic amines is 1. The lowest BCUT2D eigenvalue weighted by Gasteiger charge is -2.00. The molecule has 6 heteroatoms. The van der Waals surface area contributed by atoms with Crippen LogP contribution in [0.1, 0.15) is 12.5 Å². The normalized spacial score (nSPS) is 11.1. The zero-order chi connectivity index (χ0) is 13.4. The highest BCUT2D eigenvalue weighted by atomic mass is 79.9. The number of aromatic nitrogens is 4. The number of aryl methyl sites for hydroxylation is 1. The molecule has 3 N–H and O–H groups in total. The summed E-state index contributed by atoms with van der Waals surface area (Å²) in [5.74, 6) is 1.00. The summed E-state index contributed by atoms with van der Waals surface area (Å²) in [5.41, 5.74) is 9.56. The van der Waals surface area contributed by atoms with Crippen molar-refractivity contribution in [2.45, 2.75) is 13.3 Å². The fraction of sp³-hybridized carbons (Fsp3) is 0.154. The Kier molecular flexibility index (Phi) is 2.94. The number of hydrogen-bond donors (Lipinski definition) is 2. The molecule has 2 aromatic heterocycles. The van der Waals surface area contributed by atoms with Gasteiger partial charge in [-0.2, -0.15) is 0 Å². The molecule has 0 saturated heterocycles. The number of anilines is 1. The van der Waals surface area contributed by atoms with Crippen molar-refractivity contribution >= 4 is 32.8 Å². The van der Waals surface area contributed by atoms with Crippen LogP contribution in [0.5, 0.6) is 0 Å². The van der Waals surface area contributed by atoms with Crippen LogP contribution in [0.15, 0.2) is 29.0 Å². The van der Waals surface area contributed by atoms with Crippen molar-refractivity contribution < 1.29 is 0 Å². The number of nitrogen functional groups attached to an aromatic ring is 1. The molecule has 0 atom stereocenters. The minimum absolute atomic E-state index is 0.361. The average molecular weight is 318 g/mol. The number of para-hydroxylation sites is 1. The first-order chi connectivity index (χ1) is 9.19. The van der Waals surface area contributed by atoms with Crippen LogP contribution in [0.2, 0.25) is 0 Å². The summed E-state index contributed by atoms with van der Waals surface area (Å²) in [4.78, 5) is 16.2. The van der Waals surface area contributed by atoms with Crippen molar-refractivity contribution in [2.24, 2.45) is 0 Å². The molecule has 0 aliphatic rings. The summed E-state index contributed by atoms with van der Waals surface area (Å²) in [7, 11) is 0. The number of benzene rings is 1. The van der Waals surface area contributed by atoms with Crippen molar-refractivity contribution in [3.8, 4) is 11.5 Å². The third-order valence-electron chi connectivity index (χ3n) is 2.97. The number of halogens is 1. The molecule has 2 heterocycles. The van der Waals surface area contributed by atoms with Crippen LogP contribution in [0.3, 0.4) is 0 Å². The number of H-pyrrole nitrogens is 1. The maximum absolute atomic E-state index is 5.86. The van der Waals surface area contributed by atoms with E-state index in [1.807, 2.05) is 12.1 Å². The summed E-state index contributed by atoms with van der Waals surface area (Å²) in [6.07, 6.45) is 2.50. The summed E-state index contributed by atoms with van der Waals surface area (Å²) >= 11 is 3.29. The van der Waals surface area contributed by atoms with E-state index < -0.39 is 0 Å². The number of nitrogens with zero attached hydrogens (tertiary/aromatic N) is 3. The third-order valence-corrected chi connectivity index (χ3v) is 3.35. The second kappa shape index (κ2) is 4.62. The lowest BCUT2D eigenvalue weighted by Crippen LogP contribution is -1.98. The quantitative estimate of drug-likeness (QED) is 0.761. The summed E-state index contributed by atoms with van der Waals surface area (Å²) < 4.78 is 0.632. The van der Waals surface area contributed by atoms with E-state index in [-0.39, 0.29) is 0 Å². The number of imidazole rings is 1. The van der Waals surface area contributed by atoms with E-state index in [1.165, 1.54) is 5.56 Å². The van der Waals surface area contributed by atoms with Gasteiger partial charge in [-0.15, -0.1) is 0 Å². The van der Waals surface area contributed by atoms with Gasteiger partial charge in [0.1, 0.15) is 10.3 Å². The highest BCUT2D eigenvalue weighted by molar-refractivity contribution is 9.10. The molecule has 1 aromatic carbocycles. The van der Waals surface area contributed by atoms with Crippen LogP contribution >= 0.6 is 15.9 Å². The van der Waals surface area contributed by atoms with E-state index in [0.29, 0.717) is 21.9 Å². The molecule has 0 aliphatic heterocycles. The van der Waals surface area contributed by atoms with Crippen LogP contribution in [0.25, 0.3) is 22.6 Å². The van der Waals surface area contributed by atoms with Gasteiger partial charge in [0.15, 0.2) is 11.6 Å². The van der Waals surface area contributed by atoms with Gasteiger partial charge in [-0.05, 0) is 34.0 Å². The molecule has 0 bridgehead atoms. The largest absolute Gasteiger partial charge is 0.382 e. The van der Waals surface area contributed by atoms with Crippen LogP contribution < -0.4 is 5.73 Å². The minimum Gasteiger partial charge on any atom is -0.382 e. The fourth-order valence-corrected chi connectivity index (χ4v) is 2.32. The first-order valence-electron chi connectivity index (χ1n) is 5.95. The minimum atomic E-state index is 0.361. The predicted molar refractivity (Wildman–Crippen MR) is 78.6 cm³/mol. The maximum Gasteiger partial charge on any atom is 0.161 e. The summed E-state index contributed by atoms with van der Waals surface area (Å²) in [5, 5.41) is 0. The van der Waals surface area contributed by atoms with Gasteiger partial charge in [0.25, 0.3) is 0 Å². The number of fused-ring (bicyclic) bond motifs is 1. The van der Waals surface area contributed by atoms with Crippen molar-refractivity contribution in [3.63, 3.8) is 0 Å². The summed E-state index contributed by atoms with van der Waals surface area (Å²) in [6.45, 7) is 2.11. The van der Waals surface area contributed by atoms with Gasteiger partial charge in [-0.25, -0.2) is 15.0 Å². The monoisotopic (exact) mass is 317 g/mol. The SMILES string of the molecule is CCc1cccc2[nH]c(-c3nc(Br)cnc3N)nc12. The van der Waals surface area contributed by atoms with Crippen molar-refractivity contribution in [1.29, 1.82) is 0 Å². The molecule has 0 amide bonds. The predicted octanol–water partition coefficient (Wildman–Crippen LogP) is 2.93.